The van der Waals surface area contributed by atoms with E-state index in [0.717, 1.165) is 51.8 Å². The molecule has 0 spiro atoms. The molecule has 0 aromatic carbocycles. The molecule has 2 rings (SSSR count). The van der Waals surface area contributed by atoms with Crippen LogP contribution in [-0.2, 0) is 14.3 Å². The Morgan fingerprint density at radius 3 is 1.64 bits per heavy atom. The summed E-state index contributed by atoms with van der Waals surface area (Å²) >= 11 is 0. The minimum atomic E-state index is -0.0291. The van der Waals surface area contributed by atoms with Gasteiger partial charge in [-0.1, -0.05) is 110 Å². The van der Waals surface area contributed by atoms with Gasteiger partial charge in [0, 0.05) is 39.1 Å². The first-order valence-corrected chi connectivity index (χ1v) is 17.7. The second-order valence-corrected chi connectivity index (χ2v) is 12.0. The summed E-state index contributed by atoms with van der Waals surface area (Å²) in [6.07, 6.45) is 31.1. The Balaban J connectivity index is 0.000000676. The minimum Gasteiger partial charge on any atom is -0.396 e. The normalized spacial score (nSPS) is 15.3. The van der Waals surface area contributed by atoms with Gasteiger partial charge >= 0.3 is 0 Å². The van der Waals surface area contributed by atoms with Crippen molar-refractivity contribution in [2.24, 2.45) is 0 Å². The maximum atomic E-state index is 11.6. The molecular formula is C36H69N2O4+. The van der Waals surface area contributed by atoms with Crippen LogP contribution in [0.1, 0.15) is 168 Å². The highest BCUT2D eigenvalue weighted by Gasteiger charge is 2.25. The fraction of sp³-hybridized carbons (Fsp3) is 0.861. The summed E-state index contributed by atoms with van der Waals surface area (Å²) in [5.41, 5.74) is 0. The van der Waals surface area contributed by atoms with E-state index in [1.54, 1.807) is 11.1 Å². The number of nitrogens with zero attached hydrogens (tertiary/aromatic N) is 2. The number of carbonyl (C=O) groups is 2. The third-order valence-electron chi connectivity index (χ3n) is 8.14. The van der Waals surface area contributed by atoms with Gasteiger partial charge in [-0.15, -0.1) is 0 Å². The van der Waals surface area contributed by atoms with E-state index < -0.39 is 0 Å². The lowest BCUT2D eigenvalue weighted by Gasteiger charge is -2.24. The quantitative estimate of drug-likeness (QED) is 0.0894. The number of carbonyl (C=O) groups excluding carboxylic acids is 2. The van der Waals surface area contributed by atoms with Crippen LogP contribution in [0.15, 0.2) is 12.8 Å². The highest BCUT2D eigenvalue weighted by atomic mass is 16.5. The molecule has 0 bridgehead atoms. The van der Waals surface area contributed by atoms with Crippen molar-refractivity contribution in [3.63, 3.8) is 0 Å². The van der Waals surface area contributed by atoms with Gasteiger partial charge in [0.05, 0.1) is 13.3 Å². The molecule has 6 heteroatoms. The first-order chi connectivity index (χ1) is 20.5. The standard InChI is InChI=1S/C18H35NO2.C12H25O.C6H9NO/c1-3-4-5-6-7-8-9-10-11-12-16-21-17(2)19-15-13-14-18(19)20;1-2-3-4-5-6-7-8-9-10-11-12-13;1-2-7-5-3-4-6(7)8/h17H,3-16H2,1-2H3;13H,1-12H2;2H,1,3-5H2/q;+1;. The Labute approximate surface area is 261 Å². The van der Waals surface area contributed by atoms with Crippen LogP contribution in [0.5, 0.6) is 0 Å². The molecule has 2 saturated heterocycles. The zero-order valence-electron chi connectivity index (χ0n) is 27.9. The van der Waals surface area contributed by atoms with Crippen molar-refractivity contribution in [2.75, 3.05) is 26.3 Å². The summed E-state index contributed by atoms with van der Waals surface area (Å²) in [6, 6.07) is 0. The fourth-order valence-corrected chi connectivity index (χ4v) is 5.37. The van der Waals surface area contributed by atoms with Crippen molar-refractivity contribution in [3.8, 4) is 0 Å². The van der Waals surface area contributed by atoms with E-state index in [0.29, 0.717) is 19.4 Å². The van der Waals surface area contributed by atoms with Crippen LogP contribution in [0.25, 0.3) is 0 Å². The highest BCUT2D eigenvalue weighted by molar-refractivity contribution is 5.79. The lowest BCUT2D eigenvalue weighted by atomic mass is 10.1. The molecule has 0 radical (unpaired) electrons. The summed E-state index contributed by atoms with van der Waals surface area (Å²) in [4.78, 5) is 25.7. The molecule has 42 heavy (non-hydrogen) atoms. The van der Waals surface area contributed by atoms with Gasteiger partial charge in [-0.25, -0.2) is 0 Å². The Hall–Kier alpha value is -1.53. The lowest BCUT2D eigenvalue weighted by Crippen LogP contribution is -2.36. The van der Waals surface area contributed by atoms with Crippen LogP contribution < -0.4 is 0 Å². The summed E-state index contributed by atoms with van der Waals surface area (Å²) in [7, 11) is 0. The zero-order valence-corrected chi connectivity index (χ0v) is 27.9. The Bertz CT molecular complexity index is 618. The molecule has 0 aromatic heterocycles. The van der Waals surface area contributed by atoms with Gasteiger partial charge in [-0.05, 0) is 51.6 Å². The second-order valence-electron chi connectivity index (χ2n) is 12.0. The van der Waals surface area contributed by atoms with Crippen LogP contribution in [0.2, 0.25) is 0 Å². The number of unbranched alkanes of at least 4 members (excludes halogenated alkanes) is 18. The number of aliphatic hydroxyl groups is 1. The molecule has 1 atom stereocenters. The monoisotopic (exact) mass is 594 g/mol. The highest BCUT2D eigenvalue weighted by Crippen LogP contribution is 2.15. The number of likely N-dealkylation sites (tertiary alicyclic amines) is 2. The molecule has 2 fully saturated rings. The van der Waals surface area contributed by atoms with Crippen molar-refractivity contribution < 1.29 is 19.4 Å². The van der Waals surface area contributed by atoms with Crippen LogP contribution in [0, 0.1) is 6.92 Å². The van der Waals surface area contributed by atoms with E-state index in [2.05, 4.69) is 20.4 Å². The number of hydrogen-bond donors (Lipinski definition) is 1. The van der Waals surface area contributed by atoms with Crippen LogP contribution in [-0.4, -0.2) is 59.3 Å². The molecule has 2 amide bonds. The summed E-state index contributed by atoms with van der Waals surface area (Å²) in [5.74, 6) is 0.463. The zero-order chi connectivity index (χ0) is 31.1. The number of hydrogen-bond acceptors (Lipinski definition) is 4. The SMILES string of the molecule is C=CN1CCCC1=O.CCCCCCCCCCCCOC(C)N1CCCC1=O.[CH2+]CCCCCCCCCCCO. The fourth-order valence-electron chi connectivity index (χ4n) is 5.37. The number of aliphatic hydroxyl groups excluding tert-OH is 1. The molecular weight excluding hydrogens is 524 g/mol. The predicted octanol–water partition coefficient (Wildman–Crippen LogP) is 9.36. The van der Waals surface area contributed by atoms with Gasteiger partial charge in [0.25, 0.3) is 0 Å². The molecule has 2 aliphatic heterocycles. The van der Waals surface area contributed by atoms with E-state index in [9.17, 15) is 9.59 Å². The molecule has 1 unspecified atom stereocenters. The minimum absolute atomic E-state index is 0.0291. The molecule has 0 aliphatic carbocycles. The topological polar surface area (TPSA) is 70.1 Å². The summed E-state index contributed by atoms with van der Waals surface area (Å²) in [5, 5.41) is 8.56. The van der Waals surface area contributed by atoms with Crippen molar-refractivity contribution in [1.82, 2.24) is 9.80 Å². The number of amides is 2. The van der Waals surface area contributed by atoms with E-state index in [1.165, 1.54) is 109 Å². The van der Waals surface area contributed by atoms with Gasteiger partial charge in [-0.3, -0.25) is 9.59 Å². The third kappa shape index (κ3) is 24.0. The largest absolute Gasteiger partial charge is 0.396 e. The van der Waals surface area contributed by atoms with Gasteiger partial charge in [0.2, 0.25) is 11.8 Å². The molecule has 2 heterocycles. The Morgan fingerprint density at radius 2 is 1.24 bits per heavy atom. The molecule has 0 saturated carbocycles. The molecule has 1 N–H and O–H groups in total. The van der Waals surface area contributed by atoms with E-state index in [4.69, 9.17) is 9.84 Å². The van der Waals surface area contributed by atoms with Gasteiger partial charge < -0.3 is 19.6 Å². The van der Waals surface area contributed by atoms with E-state index >= 15 is 0 Å². The summed E-state index contributed by atoms with van der Waals surface area (Å²) < 4.78 is 5.77. The van der Waals surface area contributed by atoms with Crippen molar-refractivity contribution in [2.45, 2.75) is 174 Å². The van der Waals surface area contributed by atoms with Gasteiger partial charge in [0.1, 0.15) is 6.23 Å². The molecule has 6 nitrogen and oxygen atoms in total. The van der Waals surface area contributed by atoms with Gasteiger partial charge in [0.15, 0.2) is 0 Å². The smallest absolute Gasteiger partial charge is 0.226 e. The average Bonchev–Trinajstić information content (AvgIpc) is 3.63. The first-order valence-electron chi connectivity index (χ1n) is 17.7. The second kappa shape index (κ2) is 30.9. The van der Waals surface area contributed by atoms with Gasteiger partial charge in [-0.2, -0.15) is 0 Å². The third-order valence-corrected chi connectivity index (χ3v) is 8.14. The van der Waals surface area contributed by atoms with Crippen LogP contribution >= 0.6 is 0 Å². The maximum Gasteiger partial charge on any atom is 0.226 e. The average molecular weight is 594 g/mol. The van der Waals surface area contributed by atoms with E-state index in [1.807, 2.05) is 11.8 Å². The number of ether oxygens (including phenoxy) is 1. The maximum absolute atomic E-state index is 11.6. The summed E-state index contributed by atoms with van der Waals surface area (Å²) in [6.45, 7) is 14.5. The Morgan fingerprint density at radius 1 is 0.762 bits per heavy atom. The van der Waals surface area contributed by atoms with Crippen LogP contribution in [0.3, 0.4) is 0 Å². The Kier molecular flexibility index (Phi) is 29.8. The van der Waals surface area contributed by atoms with Crippen molar-refractivity contribution in [1.29, 1.82) is 0 Å². The van der Waals surface area contributed by atoms with Crippen molar-refractivity contribution in [3.05, 3.63) is 19.7 Å². The predicted molar refractivity (Wildman–Crippen MR) is 178 cm³/mol. The molecule has 2 aliphatic rings. The molecule has 246 valence electrons. The van der Waals surface area contributed by atoms with Crippen LogP contribution in [0.4, 0.5) is 0 Å². The van der Waals surface area contributed by atoms with E-state index in [-0.39, 0.29) is 18.0 Å². The molecule has 0 aromatic rings. The number of rotatable bonds is 24. The first kappa shape index (κ1) is 40.5. The van der Waals surface area contributed by atoms with Crippen molar-refractivity contribution >= 4 is 11.8 Å². The lowest BCUT2D eigenvalue weighted by molar-refractivity contribution is -0.139.